The van der Waals surface area contributed by atoms with Crippen LogP contribution in [0, 0.1) is 11.7 Å². The van der Waals surface area contributed by atoms with Crippen LogP contribution in [0.25, 0.3) is 10.6 Å². The van der Waals surface area contributed by atoms with Gasteiger partial charge in [-0.3, -0.25) is 9.59 Å². The third-order valence-corrected chi connectivity index (χ3v) is 3.91. The second kappa shape index (κ2) is 6.58. The van der Waals surface area contributed by atoms with E-state index in [9.17, 15) is 14.0 Å². The van der Waals surface area contributed by atoms with Crippen molar-refractivity contribution in [3.63, 3.8) is 0 Å². The second-order valence-corrected chi connectivity index (χ2v) is 5.64. The van der Waals surface area contributed by atoms with Gasteiger partial charge in [-0.15, -0.1) is 11.3 Å². The summed E-state index contributed by atoms with van der Waals surface area (Å²) in [4.78, 5) is 26.7. The standard InChI is InChI=1S/C15H14FNO3S/c1-9(15(19)20)6-11(18)7-10-8-21-14(17-10)12-4-2-3-5-13(12)16/h2-5,8-9H,6-7H2,1H3,(H,19,20)/t9-/m1/s1. The summed E-state index contributed by atoms with van der Waals surface area (Å²) in [6.07, 6.45) is 0.0461. The number of carboxylic acids is 1. The van der Waals surface area contributed by atoms with Crippen molar-refractivity contribution in [1.82, 2.24) is 4.98 Å². The number of hydrogen-bond donors (Lipinski definition) is 1. The molecule has 0 amide bonds. The SMILES string of the molecule is C[C@H](CC(=O)Cc1csc(-c2ccccc2F)n1)C(=O)O. The molecule has 110 valence electrons. The Morgan fingerprint density at radius 2 is 2.10 bits per heavy atom. The Bertz CT molecular complexity index is 668. The number of aromatic nitrogens is 1. The Labute approximate surface area is 125 Å². The first-order valence-corrected chi connectivity index (χ1v) is 7.29. The Hall–Kier alpha value is -2.08. The van der Waals surface area contributed by atoms with Crippen molar-refractivity contribution >= 4 is 23.1 Å². The summed E-state index contributed by atoms with van der Waals surface area (Å²) in [5.41, 5.74) is 0.945. The van der Waals surface area contributed by atoms with Gasteiger partial charge in [0.15, 0.2) is 0 Å². The van der Waals surface area contributed by atoms with E-state index in [0.717, 1.165) is 0 Å². The minimum absolute atomic E-state index is 0.0259. The first kappa shape index (κ1) is 15.3. The number of halogens is 1. The summed E-state index contributed by atoms with van der Waals surface area (Å²) >= 11 is 1.26. The fourth-order valence-electron chi connectivity index (χ4n) is 1.85. The maximum Gasteiger partial charge on any atom is 0.306 e. The van der Waals surface area contributed by atoms with Crippen LogP contribution in [-0.2, 0) is 16.0 Å². The topological polar surface area (TPSA) is 67.3 Å². The maximum atomic E-state index is 13.6. The van der Waals surface area contributed by atoms with Crippen LogP contribution in [0.1, 0.15) is 19.0 Å². The van der Waals surface area contributed by atoms with E-state index in [2.05, 4.69) is 4.98 Å². The lowest BCUT2D eigenvalue weighted by Gasteiger charge is -2.03. The number of benzene rings is 1. The minimum Gasteiger partial charge on any atom is -0.481 e. The number of thiazole rings is 1. The van der Waals surface area contributed by atoms with Crippen molar-refractivity contribution in [3.05, 3.63) is 41.2 Å². The molecule has 1 aromatic carbocycles. The number of nitrogens with zero attached hydrogens (tertiary/aromatic N) is 1. The molecule has 21 heavy (non-hydrogen) atoms. The van der Waals surface area contributed by atoms with Crippen molar-refractivity contribution in [2.45, 2.75) is 19.8 Å². The van der Waals surface area contributed by atoms with Gasteiger partial charge in [-0.1, -0.05) is 19.1 Å². The molecule has 6 heteroatoms. The zero-order chi connectivity index (χ0) is 15.4. The van der Waals surface area contributed by atoms with Gasteiger partial charge in [0, 0.05) is 23.8 Å². The normalized spacial score (nSPS) is 12.1. The molecule has 1 heterocycles. The van der Waals surface area contributed by atoms with E-state index >= 15 is 0 Å². The van der Waals surface area contributed by atoms with E-state index in [0.29, 0.717) is 16.3 Å². The zero-order valence-corrected chi connectivity index (χ0v) is 12.2. The van der Waals surface area contributed by atoms with Crippen molar-refractivity contribution in [2.24, 2.45) is 5.92 Å². The maximum absolute atomic E-state index is 13.6. The monoisotopic (exact) mass is 307 g/mol. The molecule has 4 nitrogen and oxygen atoms in total. The van der Waals surface area contributed by atoms with Gasteiger partial charge < -0.3 is 5.11 Å². The van der Waals surface area contributed by atoms with Crippen LogP contribution in [0.2, 0.25) is 0 Å². The van der Waals surface area contributed by atoms with Gasteiger partial charge >= 0.3 is 5.97 Å². The number of ketones is 1. The van der Waals surface area contributed by atoms with Crippen molar-refractivity contribution < 1.29 is 19.1 Å². The molecule has 0 bridgehead atoms. The molecular formula is C15H14FNO3S. The van der Waals surface area contributed by atoms with Crippen LogP contribution in [0.5, 0.6) is 0 Å². The lowest BCUT2D eigenvalue weighted by Crippen LogP contribution is -2.16. The summed E-state index contributed by atoms with van der Waals surface area (Å²) < 4.78 is 13.6. The third kappa shape index (κ3) is 3.95. The predicted molar refractivity (Wildman–Crippen MR) is 77.6 cm³/mol. The van der Waals surface area contributed by atoms with Gasteiger partial charge in [0.1, 0.15) is 16.6 Å². The van der Waals surface area contributed by atoms with Gasteiger partial charge in [-0.05, 0) is 12.1 Å². The lowest BCUT2D eigenvalue weighted by molar-refractivity contribution is -0.143. The van der Waals surface area contributed by atoms with Crippen molar-refractivity contribution in [2.75, 3.05) is 0 Å². The molecule has 2 aromatic rings. The molecule has 0 aliphatic rings. The van der Waals surface area contributed by atoms with Crippen LogP contribution in [-0.4, -0.2) is 21.8 Å². The van der Waals surface area contributed by atoms with Gasteiger partial charge in [0.05, 0.1) is 11.6 Å². The number of aliphatic carboxylic acids is 1. The van der Waals surface area contributed by atoms with Gasteiger partial charge in [-0.2, -0.15) is 0 Å². The summed E-state index contributed by atoms with van der Waals surface area (Å²) in [7, 11) is 0. The van der Waals surface area contributed by atoms with Crippen LogP contribution >= 0.6 is 11.3 Å². The molecule has 0 aliphatic carbocycles. The summed E-state index contributed by atoms with van der Waals surface area (Å²) in [6, 6.07) is 6.31. The highest BCUT2D eigenvalue weighted by molar-refractivity contribution is 7.13. The highest BCUT2D eigenvalue weighted by Crippen LogP contribution is 2.26. The van der Waals surface area contributed by atoms with Crippen LogP contribution in [0.4, 0.5) is 4.39 Å². The first-order chi connectivity index (χ1) is 9.97. The number of hydrogen-bond acceptors (Lipinski definition) is 4. The molecular weight excluding hydrogens is 293 g/mol. The van der Waals surface area contributed by atoms with E-state index in [1.54, 1.807) is 23.6 Å². The highest BCUT2D eigenvalue weighted by atomic mass is 32.1. The van der Waals surface area contributed by atoms with Gasteiger partial charge in [0.25, 0.3) is 0 Å². The molecule has 0 radical (unpaired) electrons. The number of carbonyl (C=O) groups is 2. The van der Waals surface area contributed by atoms with Crippen molar-refractivity contribution in [3.8, 4) is 10.6 Å². The Kier molecular flexibility index (Phi) is 4.80. The molecule has 0 spiro atoms. The Morgan fingerprint density at radius 3 is 2.76 bits per heavy atom. The van der Waals surface area contributed by atoms with Crippen LogP contribution < -0.4 is 0 Å². The van der Waals surface area contributed by atoms with E-state index in [4.69, 9.17) is 5.11 Å². The number of Topliss-reactive ketones (excluding diaryl/α,β-unsaturated/α-hetero) is 1. The Balaban J connectivity index is 2.06. The fourth-order valence-corrected chi connectivity index (χ4v) is 2.70. The van der Waals surface area contributed by atoms with Crippen LogP contribution in [0.3, 0.4) is 0 Å². The fraction of sp³-hybridized carbons (Fsp3) is 0.267. The van der Waals surface area contributed by atoms with Gasteiger partial charge in [-0.25, -0.2) is 9.37 Å². The molecule has 0 saturated heterocycles. The molecule has 0 saturated carbocycles. The predicted octanol–water partition coefficient (Wildman–Crippen LogP) is 3.17. The molecule has 1 atom stereocenters. The molecule has 1 aromatic heterocycles. The molecule has 0 unspecified atom stereocenters. The number of carbonyl (C=O) groups excluding carboxylic acids is 1. The highest BCUT2D eigenvalue weighted by Gasteiger charge is 2.17. The average Bonchev–Trinajstić information content (AvgIpc) is 2.87. The van der Waals surface area contributed by atoms with E-state index in [-0.39, 0.29) is 24.4 Å². The third-order valence-electron chi connectivity index (χ3n) is 2.99. The number of carboxylic acid groups (broad SMARTS) is 1. The van der Waals surface area contributed by atoms with Crippen LogP contribution in [0.15, 0.2) is 29.6 Å². The smallest absolute Gasteiger partial charge is 0.306 e. The van der Waals surface area contributed by atoms with Crippen molar-refractivity contribution in [1.29, 1.82) is 0 Å². The molecule has 1 N–H and O–H groups in total. The van der Waals surface area contributed by atoms with E-state index in [1.807, 2.05) is 0 Å². The largest absolute Gasteiger partial charge is 0.481 e. The molecule has 0 fully saturated rings. The minimum atomic E-state index is -0.992. The first-order valence-electron chi connectivity index (χ1n) is 6.41. The quantitative estimate of drug-likeness (QED) is 0.890. The Morgan fingerprint density at radius 1 is 1.38 bits per heavy atom. The average molecular weight is 307 g/mol. The van der Waals surface area contributed by atoms with E-state index < -0.39 is 11.9 Å². The summed E-state index contributed by atoms with van der Waals surface area (Å²) in [6.45, 7) is 1.49. The molecule has 2 rings (SSSR count). The zero-order valence-electron chi connectivity index (χ0n) is 11.4. The summed E-state index contributed by atoms with van der Waals surface area (Å²) in [5, 5.41) is 11.0. The van der Waals surface area contributed by atoms with E-state index in [1.165, 1.54) is 24.3 Å². The molecule has 0 aliphatic heterocycles. The van der Waals surface area contributed by atoms with Gasteiger partial charge in [0.2, 0.25) is 0 Å². The lowest BCUT2D eigenvalue weighted by atomic mass is 10.0. The number of rotatable bonds is 6. The second-order valence-electron chi connectivity index (χ2n) is 4.78. The summed E-state index contributed by atoms with van der Waals surface area (Å²) in [5.74, 6) is -2.24.